The van der Waals surface area contributed by atoms with Gasteiger partial charge in [-0.3, -0.25) is 24.1 Å². The largest absolute Gasteiger partial charge is 0.477 e. The molecular weight excluding hydrogens is 524 g/mol. The smallest absolute Gasteiger partial charge is 0.352 e. The molecule has 2 unspecified atom stereocenters. The summed E-state index contributed by atoms with van der Waals surface area (Å²) in [6.07, 6.45) is 0.280. The van der Waals surface area contributed by atoms with Gasteiger partial charge in [-0.15, -0.1) is 16.9 Å². The number of carbonyl (C=O) groups excluding carboxylic acids is 4. The maximum atomic E-state index is 12.9. The molecule has 35 heavy (non-hydrogen) atoms. The molecule has 2 aromatic rings. The highest BCUT2D eigenvalue weighted by Crippen LogP contribution is 2.41. The van der Waals surface area contributed by atoms with Crippen LogP contribution in [0.25, 0.3) is 0 Å². The maximum absolute atomic E-state index is 12.9. The third kappa shape index (κ3) is 4.84. The quantitative estimate of drug-likeness (QED) is 0.177. The Balaban J connectivity index is 1.49. The van der Waals surface area contributed by atoms with Crippen LogP contribution in [0.2, 0.25) is 0 Å². The highest BCUT2D eigenvalue weighted by molar-refractivity contribution is 8.01. The molecule has 3 atom stereocenters. The lowest BCUT2D eigenvalue weighted by Crippen LogP contribution is -2.71. The number of H-pyrrole nitrogens is 1. The number of thiazole rings is 1. The molecule has 0 bridgehead atoms. The third-order valence-corrected chi connectivity index (χ3v) is 8.34. The van der Waals surface area contributed by atoms with Crippen molar-refractivity contribution in [2.24, 2.45) is 12.0 Å². The van der Waals surface area contributed by atoms with Gasteiger partial charge in [0.2, 0.25) is 17.7 Å². The van der Waals surface area contributed by atoms with E-state index in [9.17, 15) is 29.1 Å². The fourth-order valence-corrected chi connectivity index (χ4v) is 6.54. The molecule has 3 amide bonds. The molecule has 0 spiro atoms. The number of β-lactam (4-membered cyclic amide) rings is 1. The topological polar surface area (TPSA) is 202 Å². The van der Waals surface area contributed by atoms with Crippen LogP contribution in [-0.4, -0.2) is 88.8 Å². The number of tetrazole rings is 1. The fourth-order valence-electron chi connectivity index (χ4n) is 3.38. The number of fused-ring (bicyclic) bond motifs is 1. The van der Waals surface area contributed by atoms with Crippen LogP contribution in [0.1, 0.15) is 11.0 Å². The lowest BCUT2D eigenvalue weighted by molar-refractivity contribution is -0.153. The number of carbonyl (C=O) groups is 5. The summed E-state index contributed by atoms with van der Waals surface area (Å²) in [7, 11) is 1.65. The van der Waals surface area contributed by atoms with E-state index < -0.39 is 35.3 Å². The van der Waals surface area contributed by atoms with Crippen molar-refractivity contribution < 1.29 is 33.8 Å². The highest BCUT2D eigenvalue weighted by Gasteiger charge is 2.54. The summed E-state index contributed by atoms with van der Waals surface area (Å²) in [6, 6.07) is -1.01. The van der Waals surface area contributed by atoms with Crippen molar-refractivity contribution in [2.75, 3.05) is 11.5 Å². The second-order valence-corrected chi connectivity index (χ2v) is 10.1. The number of carboxylic acids is 1. The third-order valence-electron chi connectivity index (χ3n) is 4.91. The van der Waals surface area contributed by atoms with Crippen LogP contribution in [0.15, 0.2) is 27.6 Å². The number of nitrogens with one attached hydrogen (secondary N) is 2. The number of thioether (sulfide) groups is 2. The van der Waals surface area contributed by atoms with Crippen LogP contribution in [0, 0.1) is 0 Å². The van der Waals surface area contributed by atoms with E-state index in [-0.39, 0.29) is 27.6 Å². The number of aromatic nitrogens is 5. The fraction of sp³-hybridized carbons (Fsp3) is 0.353. The second-order valence-electron chi connectivity index (χ2n) is 6.97. The molecule has 1 fully saturated rings. The van der Waals surface area contributed by atoms with Gasteiger partial charge in [-0.05, 0) is 16.0 Å². The molecule has 18 heteroatoms. The molecular formula is C17H16N8O7S3. The molecule has 3 N–H and O–H groups in total. The molecule has 0 saturated carbocycles. The van der Waals surface area contributed by atoms with Crippen molar-refractivity contribution in [2.45, 2.75) is 22.7 Å². The lowest BCUT2D eigenvalue weighted by atomic mass is 10.0. The number of hydrogen-bond donors (Lipinski definition) is 3. The Morgan fingerprint density at radius 2 is 2.29 bits per heavy atom. The summed E-state index contributed by atoms with van der Waals surface area (Å²) in [4.78, 5) is 67.0. The van der Waals surface area contributed by atoms with Crippen LogP contribution in [0.5, 0.6) is 0 Å². The van der Waals surface area contributed by atoms with Gasteiger partial charge in [0, 0.05) is 24.8 Å². The van der Waals surface area contributed by atoms with E-state index in [1.54, 1.807) is 7.05 Å². The van der Waals surface area contributed by atoms with Crippen molar-refractivity contribution in [1.29, 1.82) is 0 Å². The zero-order valence-corrected chi connectivity index (χ0v) is 20.1. The van der Waals surface area contributed by atoms with Crippen molar-refractivity contribution in [3.63, 3.8) is 0 Å². The lowest BCUT2D eigenvalue weighted by Gasteiger charge is -2.49. The summed E-state index contributed by atoms with van der Waals surface area (Å²) in [5.41, 5.74) is 0.383. The molecule has 0 aliphatic carbocycles. The molecule has 0 radical (unpaired) electrons. The number of aliphatic carboxylic acids is 1. The molecule has 0 aromatic carbocycles. The first-order chi connectivity index (χ1) is 16.8. The second kappa shape index (κ2) is 10.4. The summed E-state index contributed by atoms with van der Waals surface area (Å²) in [6.45, 7) is 0.0899. The van der Waals surface area contributed by atoms with Gasteiger partial charge < -0.3 is 20.1 Å². The van der Waals surface area contributed by atoms with E-state index in [2.05, 4.69) is 30.8 Å². The van der Waals surface area contributed by atoms with Crippen LogP contribution in [0.4, 0.5) is 0 Å². The van der Waals surface area contributed by atoms with Crippen LogP contribution < -0.4 is 10.1 Å². The average Bonchev–Trinajstić information content (AvgIpc) is 3.47. The first-order valence-electron chi connectivity index (χ1n) is 9.66. The van der Waals surface area contributed by atoms with E-state index in [1.165, 1.54) is 34.4 Å². The number of amides is 3. The van der Waals surface area contributed by atoms with Crippen LogP contribution in [0.3, 0.4) is 0 Å². The molecule has 15 nitrogen and oxygen atoms in total. The Labute approximate surface area is 208 Å². The first-order valence-corrected chi connectivity index (χ1v) is 12.5. The Bertz CT molecular complexity index is 1280. The van der Waals surface area contributed by atoms with Gasteiger partial charge in [0.05, 0.1) is 4.88 Å². The van der Waals surface area contributed by atoms with E-state index in [0.717, 1.165) is 16.2 Å². The molecule has 2 aromatic heterocycles. The average molecular weight is 541 g/mol. The number of nitrogens with zero attached hydrogens (tertiary/aromatic N) is 6. The maximum Gasteiger partial charge on any atom is 0.352 e. The van der Waals surface area contributed by atoms with Gasteiger partial charge in [-0.2, -0.15) is 4.99 Å². The standard InChI is InChI=1S/C17H16N8O7S3/c1-24-17(21-22-23-24)34-4-7-3-33-14-9(13(29)25(14)10(7)15(30)31)20-12(28)11(32-6-27)8-2-18-16(35-8)19-5-26/h2,5-6,9,11,14H,3-4H2,1H3,(H,20,28)(H,30,31)(H,18,19,26)/t9?,11?,14-/m0/s1. The number of hydrogen-bond acceptors (Lipinski definition) is 12. The summed E-state index contributed by atoms with van der Waals surface area (Å²) < 4.78 is 6.34. The Morgan fingerprint density at radius 1 is 1.49 bits per heavy atom. The molecule has 1 saturated heterocycles. The molecule has 4 rings (SSSR count). The van der Waals surface area contributed by atoms with Gasteiger partial charge in [0.25, 0.3) is 18.3 Å². The Hall–Kier alpha value is -3.51. The van der Waals surface area contributed by atoms with Crippen molar-refractivity contribution >= 4 is 65.5 Å². The summed E-state index contributed by atoms with van der Waals surface area (Å²) >= 11 is 3.45. The van der Waals surface area contributed by atoms with E-state index in [0.29, 0.717) is 22.9 Å². The number of aromatic amines is 1. The molecule has 184 valence electrons. The van der Waals surface area contributed by atoms with Crippen molar-refractivity contribution in [3.8, 4) is 0 Å². The minimum absolute atomic E-state index is 0.0899. The SMILES string of the molecule is Cn1nnnc1SCC1=C(C(=O)O)N2C(=O)C(NC(=O)C(OC=O)c3c[nH]c(=NC=O)s3)[C@@H]2SC1. The number of carboxylic acid groups (broad SMARTS) is 1. The van der Waals surface area contributed by atoms with Gasteiger partial charge in [-0.25, -0.2) is 9.48 Å². The number of aryl methyl sites for hydroxylation is 1. The number of rotatable bonds is 10. The highest BCUT2D eigenvalue weighted by atomic mass is 32.2. The zero-order chi connectivity index (χ0) is 25.1. The normalized spacial score (nSPS) is 20.7. The van der Waals surface area contributed by atoms with E-state index in [4.69, 9.17) is 4.74 Å². The van der Waals surface area contributed by atoms with E-state index >= 15 is 0 Å². The molecule has 2 aliphatic heterocycles. The van der Waals surface area contributed by atoms with Crippen LogP contribution in [-0.2, 0) is 35.8 Å². The summed E-state index contributed by atoms with van der Waals surface area (Å²) in [5, 5.41) is 23.3. The minimum Gasteiger partial charge on any atom is -0.477 e. The van der Waals surface area contributed by atoms with Crippen LogP contribution >= 0.6 is 34.9 Å². The Kier molecular flexibility index (Phi) is 7.31. The van der Waals surface area contributed by atoms with Gasteiger partial charge in [0.15, 0.2) is 4.80 Å². The summed E-state index contributed by atoms with van der Waals surface area (Å²) in [5.74, 6) is -2.07. The predicted octanol–water partition coefficient (Wildman–Crippen LogP) is -1.60. The van der Waals surface area contributed by atoms with E-state index in [1.807, 2.05) is 0 Å². The van der Waals surface area contributed by atoms with Gasteiger partial charge in [0.1, 0.15) is 17.1 Å². The molecule has 2 aliphatic rings. The van der Waals surface area contributed by atoms with Gasteiger partial charge >= 0.3 is 5.97 Å². The minimum atomic E-state index is -1.39. The Morgan fingerprint density at radius 3 is 2.94 bits per heavy atom. The van der Waals surface area contributed by atoms with Gasteiger partial charge in [-0.1, -0.05) is 23.1 Å². The first kappa shape index (κ1) is 24.6. The molecule has 4 heterocycles. The van der Waals surface area contributed by atoms with Crippen molar-refractivity contribution in [1.82, 2.24) is 35.4 Å². The predicted molar refractivity (Wildman–Crippen MR) is 119 cm³/mol. The zero-order valence-electron chi connectivity index (χ0n) is 17.7. The monoisotopic (exact) mass is 540 g/mol. The number of ether oxygens (including phenoxy) is 1. The van der Waals surface area contributed by atoms with Crippen molar-refractivity contribution in [3.05, 3.63) is 27.1 Å².